The van der Waals surface area contributed by atoms with E-state index >= 15 is 0 Å². The van der Waals surface area contributed by atoms with Crippen molar-refractivity contribution in [3.8, 4) is 16.9 Å². The Kier molecular flexibility index (Phi) is 4.75. The summed E-state index contributed by atoms with van der Waals surface area (Å²) >= 11 is 0. The molecular formula is C21H26O. The van der Waals surface area contributed by atoms with E-state index in [1.54, 1.807) is 0 Å². The summed E-state index contributed by atoms with van der Waals surface area (Å²) in [5, 5.41) is 0. The number of benzene rings is 2. The second kappa shape index (κ2) is 6.39. The van der Waals surface area contributed by atoms with Gasteiger partial charge in [-0.25, -0.2) is 0 Å². The minimum absolute atomic E-state index is 0.166. The molecule has 0 heterocycles. The third kappa shape index (κ3) is 3.79. The van der Waals surface area contributed by atoms with Crippen molar-refractivity contribution in [1.82, 2.24) is 0 Å². The fourth-order valence-corrected chi connectivity index (χ4v) is 2.23. The van der Waals surface area contributed by atoms with Crippen LogP contribution >= 0.6 is 0 Å². The lowest BCUT2D eigenvalue weighted by atomic mass is 9.94. The average molecular weight is 294 g/mol. The van der Waals surface area contributed by atoms with E-state index in [-0.39, 0.29) is 5.60 Å². The topological polar surface area (TPSA) is 9.23 Å². The van der Waals surface area contributed by atoms with Crippen LogP contribution in [0.25, 0.3) is 17.2 Å². The van der Waals surface area contributed by atoms with Gasteiger partial charge in [-0.2, -0.15) is 0 Å². The van der Waals surface area contributed by atoms with Gasteiger partial charge in [-0.05, 0) is 67.1 Å². The van der Waals surface area contributed by atoms with E-state index in [4.69, 9.17) is 4.74 Å². The summed E-state index contributed by atoms with van der Waals surface area (Å²) < 4.78 is 6.11. The van der Waals surface area contributed by atoms with E-state index in [2.05, 4.69) is 83.7 Å². The standard InChI is InChI=1S/C21H26O/c1-7-17-12-16(4)13-19(14-17)18-8-10-20(11-9-18)22-21(5,6)15(2)3/h7-15H,1H2,2-6H3. The molecule has 0 aliphatic heterocycles. The molecule has 2 aromatic carbocycles. The van der Waals surface area contributed by atoms with Crippen molar-refractivity contribution >= 4 is 6.08 Å². The zero-order valence-corrected chi connectivity index (χ0v) is 14.3. The van der Waals surface area contributed by atoms with Crippen LogP contribution in [0.1, 0.15) is 38.8 Å². The maximum Gasteiger partial charge on any atom is 0.120 e. The molecule has 0 atom stereocenters. The molecule has 1 heteroatoms. The summed E-state index contributed by atoms with van der Waals surface area (Å²) in [7, 11) is 0. The second-order valence-electron chi connectivity index (χ2n) is 6.72. The highest BCUT2D eigenvalue weighted by atomic mass is 16.5. The summed E-state index contributed by atoms with van der Waals surface area (Å²) in [5.41, 5.74) is 4.64. The minimum atomic E-state index is -0.166. The zero-order chi connectivity index (χ0) is 16.3. The molecular weight excluding hydrogens is 268 g/mol. The highest BCUT2D eigenvalue weighted by molar-refractivity contribution is 5.68. The van der Waals surface area contributed by atoms with E-state index in [0.717, 1.165) is 11.3 Å². The van der Waals surface area contributed by atoms with Crippen molar-refractivity contribution in [2.45, 2.75) is 40.2 Å². The molecule has 116 valence electrons. The third-order valence-electron chi connectivity index (χ3n) is 4.29. The molecule has 2 aromatic rings. The summed E-state index contributed by atoms with van der Waals surface area (Å²) in [6.45, 7) is 14.6. The van der Waals surface area contributed by atoms with E-state index in [9.17, 15) is 0 Å². The van der Waals surface area contributed by atoms with Crippen molar-refractivity contribution in [2.24, 2.45) is 5.92 Å². The van der Waals surface area contributed by atoms with Crippen molar-refractivity contribution in [3.63, 3.8) is 0 Å². The Morgan fingerprint density at radius 2 is 1.64 bits per heavy atom. The first kappa shape index (κ1) is 16.4. The quantitative estimate of drug-likeness (QED) is 0.645. The van der Waals surface area contributed by atoms with Gasteiger partial charge in [0.05, 0.1) is 0 Å². The fraction of sp³-hybridized carbons (Fsp3) is 0.333. The highest BCUT2D eigenvalue weighted by Gasteiger charge is 2.24. The van der Waals surface area contributed by atoms with Gasteiger partial charge < -0.3 is 4.74 Å². The summed E-state index contributed by atoms with van der Waals surface area (Å²) in [6.07, 6.45) is 1.89. The number of hydrogen-bond donors (Lipinski definition) is 0. The van der Waals surface area contributed by atoms with Gasteiger partial charge in [0.2, 0.25) is 0 Å². The molecule has 0 N–H and O–H groups in total. The van der Waals surface area contributed by atoms with Crippen LogP contribution < -0.4 is 4.74 Å². The first-order chi connectivity index (χ1) is 10.3. The van der Waals surface area contributed by atoms with Gasteiger partial charge in [-0.1, -0.05) is 50.8 Å². The smallest absolute Gasteiger partial charge is 0.120 e. The van der Waals surface area contributed by atoms with Crippen LogP contribution in [-0.4, -0.2) is 5.60 Å². The Balaban J connectivity index is 2.26. The second-order valence-corrected chi connectivity index (χ2v) is 6.72. The molecule has 1 nitrogen and oxygen atoms in total. The highest BCUT2D eigenvalue weighted by Crippen LogP contribution is 2.28. The largest absolute Gasteiger partial charge is 0.488 e. The van der Waals surface area contributed by atoms with Gasteiger partial charge in [0.25, 0.3) is 0 Å². The molecule has 0 radical (unpaired) electrons. The third-order valence-corrected chi connectivity index (χ3v) is 4.29. The van der Waals surface area contributed by atoms with E-state index in [0.29, 0.717) is 5.92 Å². The lowest BCUT2D eigenvalue weighted by Crippen LogP contribution is -2.34. The van der Waals surface area contributed by atoms with Gasteiger partial charge in [-0.15, -0.1) is 0 Å². The number of rotatable bonds is 5. The van der Waals surface area contributed by atoms with Gasteiger partial charge in [0, 0.05) is 0 Å². The van der Waals surface area contributed by atoms with E-state index < -0.39 is 0 Å². The van der Waals surface area contributed by atoms with Crippen molar-refractivity contribution < 1.29 is 4.74 Å². The molecule has 0 bridgehead atoms. The van der Waals surface area contributed by atoms with Gasteiger partial charge in [0.15, 0.2) is 0 Å². The molecule has 0 fully saturated rings. The predicted octanol–water partition coefficient (Wildman–Crippen LogP) is 6.12. The van der Waals surface area contributed by atoms with Crippen LogP contribution in [-0.2, 0) is 0 Å². The summed E-state index contributed by atoms with van der Waals surface area (Å²) in [5.74, 6) is 1.37. The Hall–Kier alpha value is -2.02. The van der Waals surface area contributed by atoms with Crippen molar-refractivity contribution in [2.75, 3.05) is 0 Å². The van der Waals surface area contributed by atoms with E-state index in [1.165, 1.54) is 16.7 Å². The Labute approximate surface area is 134 Å². The lowest BCUT2D eigenvalue weighted by molar-refractivity contribution is 0.0600. The Morgan fingerprint density at radius 1 is 1.00 bits per heavy atom. The van der Waals surface area contributed by atoms with Crippen LogP contribution in [0.3, 0.4) is 0 Å². The first-order valence-electron chi connectivity index (χ1n) is 7.85. The van der Waals surface area contributed by atoms with Crippen LogP contribution in [0, 0.1) is 12.8 Å². The summed E-state index contributed by atoms with van der Waals surface area (Å²) in [4.78, 5) is 0. The number of hydrogen-bond acceptors (Lipinski definition) is 1. The fourth-order valence-electron chi connectivity index (χ4n) is 2.23. The first-order valence-corrected chi connectivity index (χ1v) is 7.85. The molecule has 0 spiro atoms. The van der Waals surface area contributed by atoms with Gasteiger partial charge in [0.1, 0.15) is 11.4 Å². The van der Waals surface area contributed by atoms with Crippen LogP contribution in [0.2, 0.25) is 0 Å². The zero-order valence-electron chi connectivity index (χ0n) is 14.3. The van der Waals surface area contributed by atoms with Crippen molar-refractivity contribution in [1.29, 1.82) is 0 Å². The monoisotopic (exact) mass is 294 g/mol. The SMILES string of the molecule is C=Cc1cc(C)cc(-c2ccc(OC(C)(C)C(C)C)cc2)c1. The molecule has 0 aliphatic rings. The molecule has 0 unspecified atom stereocenters. The van der Waals surface area contributed by atoms with Crippen LogP contribution in [0.15, 0.2) is 49.0 Å². The van der Waals surface area contributed by atoms with Crippen LogP contribution in [0.5, 0.6) is 5.75 Å². The molecule has 0 aromatic heterocycles. The predicted molar refractivity (Wildman–Crippen MR) is 96.3 cm³/mol. The van der Waals surface area contributed by atoms with Crippen LogP contribution in [0.4, 0.5) is 0 Å². The van der Waals surface area contributed by atoms with Gasteiger partial charge in [-0.3, -0.25) is 0 Å². The van der Waals surface area contributed by atoms with Gasteiger partial charge >= 0.3 is 0 Å². The molecule has 0 saturated carbocycles. The molecule has 0 aliphatic carbocycles. The molecule has 2 rings (SSSR count). The Bertz CT molecular complexity index is 648. The minimum Gasteiger partial charge on any atom is -0.488 e. The molecule has 22 heavy (non-hydrogen) atoms. The maximum atomic E-state index is 6.11. The number of ether oxygens (including phenoxy) is 1. The summed E-state index contributed by atoms with van der Waals surface area (Å²) in [6, 6.07) is 14.8. The lowest BCUT2D eigenvalue weighted by Gasteiger charge is -2.30. The molecule has 0 saturated heterocycles. The van der Waals surface area contributed by atoms with Crippen molar-refractivity contribution in [3.05, 3.63) is 60.2 Å². The average Bonchev–Trinajstić information content (AvgIpc) is 2.46. The maximum absolute atomic E-state index is 6.11. The normalized spacial score (nSPS) is 11.5. The molecule has 0 amide bonds. The van der Waals surface area contributed by atoms with E-state index in [1.807, 2.05) is 6.08 Å². The Morgan fingerprint density at radius 3 is 2.18 bits per heavy atom. The number of aryl methyl sites for hydroxylation is 1.